The molecule has 0 heterocycles. The molecule has 0 bridgehead atoms. The normalized spacial score (nSPS) is 9.53. The first kappa shape index (κ1) is 11.6. The number of nitrogens with one attached hydrogen (secondary N) is 2. The van der Waals surface area contributed by atoms with Gasteiger partial charge in [-0.05, 0) is 18.2 Å². The van der Waals surface area contributed by atoms with Crippen molar-refractivity contribution in [2.45, 2.75) is 6.54 Å². The van der Waals surface area contributed by atoms with E-state index >= 15 is 0 Å². The number of ether oxygens (including phenoxy) is 1. The van der Waals surface area contributed by atoms with Gasteiger partial charge in [-0.2, -0.15) is 0 Å². The Hall–Kier alpha value is -1.46. The summed E-state index contributed by atoms with van der Waals surface area (Å²) in [6, 6.07) is 4.71. The highest BCUT2D eigenvalue weighted by Gasteiger charge is 2.05. The van der Waals surface area contributed by atoms with E-state index in [1.54, 1.807) is 25.3 Å². The van der Waals surface area contributed by atoms with Gasteiger partial charge in [0.1, 0.15) is 5.75 Å². The molecule has 0 radical (unpaired) electrons. The van der Waals surface area contributed by atoms with Crippen LogP contribution in [0.1, 0.15) is 5.56 Å². The topological polar surface area (TPSA) is 76.4 Å². The number of hydrogen-bond donors (Lipinski definition) is 3. The zero-order valence-electron chi connectivity index (χ0n) is 8.21. The summed E-state index contributed by atoms with van der Waals surface area (Å²) in [6.07, 6.45) is 0. The molecule has 0 atom stereocenters. The number of nitrogens with two attached hydrogens (primary N) is 1. The summed E-state index contributed by atoms with van der Waals surface area (Å²) in [7, 11) is 1.55. The summed E-state index contributed by atoms with van der Waals surface area (Å²) < 4.78 is 5.10. The smallest absolute Gasteiger partial charge is 0.329 e. The molecule has 0 aliphatic rings. The molecule has 1 aromatic rings. The third-order valence-corrected chi connectivity index (χ3v) is 2.05. The molecular formula is C9H12ClN3O2. The van der Waals surface area contributed by atoms with Gasteiger partial charge in [-0.1, -0.05) is 11.6 Å². The highest BCUT2D eigenvalue weighted by atomic mass is 35.5. The number of hydrazine groups is 1. The summed E-state index contributed by atoms with van der Waals surface area (Å²) in [4.78, 5) is 10.8. The minimum atomic E-state index is -0.461. The van der Waals surface area contributed by atoms with Crippen LogP contribution in [0.5, 0.6) is 5.75 Å². The van der Waals surface area contributed by atoms with Crippen LogP contribution in [0.3, 0.4) is 0 Å². The third-order valence-electron chi connectivity index (χ3n) is 1.81. The molecule has 0 aromatic heterocycles. The maximum absolute atomic E-state index is 10.8. The standard InChI is InChI=1S/C9H12ClN3O2/c1-15-8-3-2-7(10)4-6(8)5-12-9(14)13-11/h2-4H,5,11H2,1H3,(H2,12,13,14). The predicted molar refractivity (Wildman–Crippen MR) is 57.6 cm³/mol. The first-order chi connectivity index (χ1) is 7.17. The molecule has 0 aliphatic carbocycles. The monoisotopic (exact) mass is 229 g/mol. The molecule has 2 amide bonds. The van der Waals surface area contributed by atoms with E-state index in [0.717, 1.165) is 5.56 Å². The van der Waals surface area contributed by atoms with Crippen LogP contribution in [0.25, 0.3) is 0 Å². The summed E-state index contributed by atoms with van der Waals surface area (Å²) in [5.74, 6) is 5.58. The Morgan fingerprint density at radius 2 is 2.33 bits per heavy atom. The molecule has 0 saturated carbocycles. The Balaban J connectivity index is 2.74. The number of carbonyl (C=O) groups is 1. The highest BCUT2D eigenvalue weighted by Crippen LogP contribution is 2.22. The highest BCUT2D eigenvalue weighted by molar-refractivity contribution is 6.30. The molecule has 0 aliphatic heterocycles. The number of urea groups is 1. The molecule has 0 fully saturated rings. The quantitative estimate of drug-likeness (QED) is 0.412. The maximum atomic E-state index is 10.8. The van der Waals surface area contributed by atoms with Crippen LogP contribution >= 0.6 is 11.6 Å². The molecule has 1 rings (SSSR count). The lowest BCUT2D eigenvalue weighted by molar-refractivity contribution is 0.240. The van der Waals surface area contributed by atoms with Gasteiger partial charge < -0.3 is 10.1 Å². The van der Waals surface area contributed by atoms with E-state index in [-0.39, 0.29) is 0 Å². The van der Waals surface area contributed by atoms with Gasteiger partial charge in [0.2, 0.25) is 0 Å². The zero-order chi connectivity index (χ0) is 11.3. The lowest BCUT2D eigenvalue weighted by Crippen LogP contribution is -2.39. The van der Waals surface area contributed by atoms with Crippen molar-refractivity contribution >= 4 is 17.6 Å². The maximum Gasteiger partial charge on any atom is 0.329 e. The van der Waals surface area contributed by atoms with Crippen LogP contribution in [0.4, 0.5) is 4.79 Å². The zero-order valence-corrected chi connectivity index (χ0v) is 8.97. The fourth-order valence-electron chi connectivity index (χ4n) is 1.11. The van der Waals surface area contributed by atoms with Crippen LogP contribution in [0, 0.1) is 0 Å². The van der Waals surface area contributed by atoms with Gasteiger partial charge in [0.05, 0.1) is 7.11 Å². The second kappa shape index (κ2) is 5.43. The van der Waals surface area contributed by atoms with Crippen molar-refractivity contribution < 1.29 is 9.53 Å². The van der Waals surface area contributed by atoms with Gasteiger partial charge in [-0.15, -0.1) is 0 Å². The Morgan fingerprint density at radius 3 is 2.93 bits per heavy atom. The van der Waals surface area contributed by atoms with Crippen molar-refractivity contribution in [1.82, 2.24) is 10.7 Å². The lowest BCUT2D eigenvalue weighted by Gasteiger charge is -2.09. The van der Waals surface area contributed by atoms with E-state index in [2.05, 4.69) is 5.32 Å². The molecule has 15 heavy (non-hydrogen) atoms. The molecule has 6 heteroatoms. The van der Waals surface area contributed by atoms with Crippen LogP contribution in [0.2, 0.25) is 5.02 Å². The molecule has 0 saturated heterocycles. The summed E-state index contributed by atoms with van der Waals surface area (Å²) in [5, 5.41) is 3.12. The number of halogens is 1. The third kappa shape index (κ3) is 3.30. The van der Waals surface area contributed by atoms with E-state index in [9.17, 15) is 4.79 Å². The number of hydrogen-bond acceptors (Lipinski definition) is 3. The minimum Gasteiger partial charge on any atom is -0.496 e. The van der Waals surface area contributed by atoms with Crippen molar-refractivity contribution in [2.24, 2.45) is 5.84 Å². The molecule has 0 unspecified atom stereocenters. The second-order valence-corrected chi connectivity index (χ2v) is 3.22. The number of carbonyl (C=O) groups excluding carboxylic acids is 1. The largest absolute Gasteiger partial charge is 0.496 e. The van der Waals surface area contributed by atoms with Crippen molar-refractivity contribution in [2.75, 3.05) is 7.11 Å². The van der Waals surface area contributed by atoms with E-state index in [0.29, 0.717) is 17.3 Å². The first-order valence-electron chi connectivity index (χ1n) is 4.24. The Morgan fingerprint density at radius 1 is 1.60 bits per heavy atom. The summed E-state index contributed by atoms with van der Waals surface area (Å²) >= 11 is 5.81. The van der Waals surface area contributed by atoms with Crippen molar-refractivity contribution in [3.8, 4) is 5.75 Å². The molecule has 0 spiro atoms. The molecule has 4 N–H and O–H groups in total. The molecule has 5 nitrogen and oxygen atoms in total. The number of rotatable bonds is 3. The molecular weight excluding hydrogens is 218 g/mol. The number of amides is 2. The Labute approximate surface area is 92.5 Å². The van der Waals surface area contributed by atoms with Crippen LogP contribution in [-0.2, 0) is 6.54 Å². The van der Waals surface area contributed by atoms with E-state index < -0.39 is 6.03 Å². The van der Waals surface area contributed by atoms with Crippen LogP contribution in [0.15, 0.2) is 18.2 Å². The van der Waals surface area contributed by atoms with Gasteiger partial charge in [0.25, 0.3) is 0 Å². The van der Waals surface area contributed by atoms with Gasteiger partial charge in [-0.25, -0.2) is 10.6 Å². The summed E-state index contributed by atoms with van der Waals surface area (Å²) in [6.45, 7) is 0.298. The average molecular weight is 230 g/mol. The predicted octanol–water partition coefficient (Wildman–Crippen LogP) is 1.02. The Bertz CT molecular complexity index is 357. The van der Waals surface area contributed by atoms with Crippen LogP contribution < -0.4 is 21.3 Å². The van der Waals surface area contributed by atoms with E-state index in [1.807, 2.05) is 5.43 Å². The fraction of sp³-hybridized carbons (Fsp3) is 0.222. The molecule has 82 valence electrons. The van der Waals surface area contributed by atoms with Gasteiger partial charge in [0, 0.05) is 17.1 Å². The first-order valence-corrected chi connectivity index (χ1v) is 4.62. The lowest BCUT2D eigenvalue weighted by atomic mass is 10.2. The van der Waals surface area contributed by atoms with Crippen molar-refractivity contribution in [3.63, 3.8) is 0 Å². The number of methoxy groups -OCH3 is 1. The van der Waals surface area contributed by atoms with E-state index in [1.165, 1.54) is 0 Å². The average Bonchev–Trinajstić information content (AvgIpc) is 2.26. The van der Waals surface area contributed by atoms with Gasteiger partial charge >= 0.3 is 6.03 Å². The SMILES string of the molecule is COc1ccc(Cl)cc1CNC(=O)NN. The number of benzene rings is 1. The Kier molecular flexibility index (Phi) is 4.20. The summed E-state index contributed by atoms with van der Waals surface area (Å²) in [5.41, 5.74) is 2.75. The minimum absolute atomic E-state index is 0.298. The van der Waals surface area contributed by atoms with E-state index in [4.69, 9.17) is 22.2 Å². The second-order valence-electron chi connectivity index (χ2n) is 2.78. The molecule has 1 aromatic carbocycles. The van der Waals surface area contributed by atoms with Crippen LogP contribution in [-0.4, -0.2) is 13.1 Å². The van der Waals surface area contributed by atoms with Crippen molar-refractivity contribution in [1.29, 1.82) is 0 Å². The fourth-order valence-corrected chi connectivity index (χ4v) is 1.31. The van der Waals surface area contributed by atoms with Crippen molar-refractivity contribution in [3.05, 3.63) is 28.8 Å². The van der Waals surface area contributed by atoms with Gasteiger partial charge in [0.15, 0.2) is 0 Å². The van der Waals surface area contributed by atoms with Gasteiger partial charge in [-0.3, -0.25) is 5.43 Å².